The lowest BCUT2D eigenvalue weighted by molar-refractivity contribution is -0.144. The molecule has 81 heavy (non-hydrogen) atoms. The van der Waals surface area contributed by atoms with Gasteiger partial charge in [-0.25, -0.2) is 4.98 Å². The van der Waals surface area contributed by atoms with E-state index in [-0.39, 0.29) is 99.8 Å². The molecule has 0 aromatic carbocycles. The van der Waals surface area contributed by atoms with Gasteiger partial charge in [0.1, 0.15) is 24.8 Å². The van der Waals surface area contributed by atoms with Gasteiger partial charge in [-0.05, 0) is 72.1 Å². The Morgan fingerprint density at radius 2 is 1.20 bits per heavy atom. The Balaban J connectivity index is 0.00000162. The number of nitrogens with two attached hydrogens (primary N) is 2. The molecule has 0 saturated carbocycles. The van der Waals surface area contributed by atoms with Crippen molar-refractivity contribution >= 4 is 52.8 Å². The van der Waals surface area contributed by atoms with Gasteiger partial charge in [-0.1, -0.05) is 77.0 Å². The zero-order valence-electron chi connectivity index (χ0n) is 49.2. The molecule has 0 aliphatic heterocycles. The number of ketones is 4. The van der Waals surface area contributed by atoms with Gasteiger partial charge in [-0.2, -0.15) is 0 Å². The van der Waals surface area contributed by atoms with Crippen molar-refractivity contribution < 1.29 is 77.4 Å². The van der Waals surface area contributed by atoms with Gasteiger partial charge in [0, 0.05) is 89.7 Å². The van der Waals surface area contributed by atoms with Gasteiger partial charge in [0.25, 0.3) is 0 Å². The Morgan fingerprint density at radius 1 is 0.605 bits per heavy atom. The van der Waals surface area contributed by atoms with Gasteiger partial charge in [-0.3, -0.25) is 43.2 Å². The summed E-state index contributed by atoms with van der Waals surface area (Å²) in [6.07, 6.45) is 21.7. The Morgan fingerprint density at radius 3 is 1.77 bits per heavy atom. The number of carbonyl (C=O) groups excluding carboxylic acids is 7. The number of aromatic amines is 1. The number of aliphatic carboxylic acids is 2. The molecule has 0 saturated heterocycles. The quantitative estimate of drug-likeness (QED) is 0.0376. The van der Waals surface area contributed by atoms with Crippen LogP contribution < -0.4 is 27.4 Å². The van der Waals surface area contributed by atoms with Crippen molar-refractivity contribution in [2.45, 2.75) is 212 Å². The lowest BCUT2D eigenvalue weighted by Gasteiger charge is -2.21. The smallest absolute Gasteiger partial charge is 0.306 e. The Kier molecular flexibility index (Phi) is 48.6. The normalized spacial score (nSPS) is 13.0. The summed E-state index contributed by atoms with van der Waals surface area (Å²) in [5.74, 6) is -5.02. The fourth-order valence-electron chi connectivity index (χ4n) is 8.58. The van der Waals surface area contributed by atoms with Crippen molar-refractivity contribution in [2.24, 2.45) is 23.3 Å². The van der Waals surface area contributed by atoms with Crippen LogP contribution in [-0.4, -0.2) is 169 Å². The second-order valence-corrected chi connectivity index (χ2v) is 20.5. The van der Waals surface area contributed by atoms with E-state index in [0.717, 1.165) is 44.2 Å². The first kappa shape index (κ1) is 76.0. The highest BCUT2D eigenvalue weighted by Gasteiger charge is 2.26. The maximum absolute atomic E-state index is 13.0. The van der Waals surface area contributed by atoms with Gasteiger partial charge >= 0.3 is 11.9 Å². The number of ether oxygens (including phenoxy) is 4. The molecule has 0 unspecified atom stereocenters. The van der Waals surface area contributed by atoms with E-state index in [4.69, 9.17) is 35.5 Å². The van der Waals surface area contributed by atoms with Gasteiger partial charge in [0.15, 0.2) is 11.6 Å². The summed E-state index contributed by atoms with van der Waals surface area (Å²) in [6, 6.07) is -1.47. The molecule has 5 atom stereocenters. The highest BCUT2D eigenvalue weighted by molar-refractivity contribution is 5.88. The summed E-state index contributed by atoms with van der Waals surface area (Å²) in [6.45, 7) is 8.31. The topological polar surface area (TPSA) is 368 Å². The minimum Gasteiger partial charge on any atom is -0.481 e. The fourth-order valence-corrected chi connectivity index (χ4v) is 8.58. The molecule has 3 amide bonds. The van der Waals surface area contributed by atoms with Gasteiger partial charge < -0.3 is 66.7 Å². The van der Waals surface area contributed by atoms with E-state index < -0.39 is 47.9 Å². The number of rotatable bonds is 56. The summed E-state index contributed by atoms with van der Waals surface area (Å²) < 4.78 is 20.9. The molecule has 23 nitrogen and oxygen atoms in total. The summed E-state index contributed by atoms with van der Waals surface area (Å²) in [4.78, 5) is 114. The molecule has 1 aromatic heterocycles. The second-order valence-electron chi connectivity index (χ2n) is 20.5. The summed E-state index contributed by atoms with van der Waals surface area (Å²) in [7, 11) is 0. The average Bonchev–Trinajstić information content (AvgIpc) is 3.94. The number of Topliss-reactive ketones (excluding diaryl/α,β-unsaturated/α-hetero) is 4. The lowest BCUT2D eigenvalue weighted by Crippen LogP contribution is -2.45. The van der Waals surface area contributed by atoms with Crippen LogP contribution in [0.25, 0.3) is 0 Å². The third-order valence-corrected chi connectivity index (χ3v) is 13.4. The predicted octanol–water partition coefficient (Wildman–Crippen LogP) is 5.25. The summed E-state index contributed by atoms with van der Waals surface area (Å²) in [5, 5.41) is 36.3. The molecule has 0 aliphatic carbocycles. The molecule has 1 aromatic rings. The SMILES string of the molecule is CCOCC(=O)CCCOCCOCC(=O)NCCCC[C@H](NCC(=O)[C@@H](N)Cc1cnc[nH]1)C(=O)CC[C@H](C(N)=O)[C@@H](C)O.CCOCCNC(=O)CC[C@H](CC(=O)CCCCCCCCCCCCCCCCC(=O)O)C(=O)O. The van der Waals surface area contributed by atoms with Gasteiger partial charge in [0.2, 0.25) is 17.7 Å². The van der Waals surface area contributed by atoms with Gasteiger partial charge in [0.05, 0.1) is 62.7 Å². The molecule has 23 heteroatoms. The number of imidazole rings is 1. The first-order valence-corrected chi connectivity index (χ1v) is 29.7. The fraction of sp³-hybridized carbons (Fsp3) is 0.793. The number of aliphatic hydroxyl groups excluding tert-OH is 1. The number of nitrogens with one attached hydrogen (secondary N) is 4. The number of carbonyl (C=O) groups is 9. The highest BCUT2D eigenvalue weighted by atomic mass is 16.5. The molecule has 1 rings (SSSR count). The van der Waals surface area contributed by atoms with Crippen LogP contribution in [0.5, 0.6) is 0 Å². The minimum atomic E-state index is -1.01. The molecule has 1 heterocycles. The van der Waals surface area contributed by atoms with Crippen LogP contribution in [-0.2, 0) is 68.5 Å². The minimum absolute atomic E-state index is 0.00386. The molecule has 466 valence electrons. The summed E-state index contributed by atoms with van der Waals surface area (Å²) >= 11 is 0. The van der Waals surface area contributed by atoms with E-state index in [1.54, 1.807) is 6.20 Å². The first-order chi connectivity index (χ1) is 38.9. The number of amides is 3. The van der Waals surface area contributed by atoms with E-state index >= 15 is 0 Å². The van der Waals surface area contributed by atoms with Crippen LogP contribution in [0.1, 0.15) is 193 Å². The molecule has 0 bridgehead atoms. The molecular formula is C58H103N7O16. The number of primary amides is 1. The Bertz CT molecular complexity index is 1850. The zero-order valence-corrected chi connectivity index (χ0v) is 49.2. The van der Waals surface area contributed by atoms with E-state index in [0.29, 0.717) is 91.1 Å². The van der Waals surface area contributed by atoms with Gasteiger partial charge in [-0.15, -0.1) is 0 Å². The van der Waals surface area contributed by atoms with E-state index in [9.17, 15) is 53.4 Å². The van der Waals surface area contributed by atoms with E-state index in [1.807, 2.05) is 13.8 Å². The number of carboxylic acids is 2. The number of H-pyrrole nitrogens is 1. The molecule has 0 radical (unpaired) electrons. The van der Waals surface area contributed by atoms with Crippen LogP contribution in [0.15, 0.2) is 12.5 Å². The van der Waals surface area contributed by atoms with Crippen LogP contribution in [0.2, 0.25) is 0 Å². The third kappa shape index (κ3) is 46.2. The number of aliphatic hydroxyl groups is 1. The van der Waals surface area contributed by atoms with Crippen molar-refractivity contribution in [1.29, 1.82) is 0 Å². The maximum Gasteiger partial charge on any atom is 0.306 e. The number of unbranched alkanes of at least 4 members (excludes halogenated alkanes) is 14. The van der Waals surface area contributed by atoms with Crippen molar-refractivity contribution in [1.82, 2.24) is 25.9 Å². The molecule has 0 aliphatic rings. The number of hydrogen-bond acceptors (Lipinski definition) is 17. The van der Waals surface area contributed by atoms with Crippen LogP contribution in [0.3, 0.4) is 0 Å². The molecule has 11 N–H and O–H groups in total. The van der Waals surface area contributed by atoms with E-state index in [1.165, 1.54) is 64.6 Å². The van der Waals surface area contributed by atoms with E-state index in [2.05, 4.69) is 25.9 Å². The highest BCUT2D eigenvalue weighted by Crippen LogP contribution is 2.18. The monoisotopic (exact) mass is 1150 g/mol. The second kappa shape index (κ2) is 51.8. The number of hydrogen-bond donors (Lipinski definition) is 9. The molecule has 0 spiro atoms. The number of aromatic nitrogens is 2. The predicted molar refractivity (Wildman–Crippen MR) is 306 cm³/mol. The van der Waals surface area contributed by atoms with Crippen LogP contribution >= 0.6 is 0 Å². The standard InChI is InChI=1S/C30H52N6O9.C28H51NO7/c1-3-43-18-23(38)7-6-12-44-13-14-45-19-29(41)34-11-5-4-8-26(27(39)10-9-24(21(2)37)30(32)42)35-17-28(40)25(31)15-22-16-33-20-36-22;1-2-36-22-21-29-26(31)20-19-24(28(34)35)23-25(30)17-15-13-11-9-7-5-3-4-6-8-10-12-14-16-18-27(32)33/h16,20-21,24-26,35,37H,3-15,17-19,31H2,1-2H3,(H2,32,42)(H,33,36)(H,34,41);24H,2-23H2,1H3,(H,29,31)(H,32,33)(H,34,35)/t21-,24+,25+,26+;24-/m11/s1. The number of nitrogens with zero attached hydrogens (tertiary/aromatic N) is 1. The number of carboxylic acid groups (broad SMARTS) is 2. The Labute approximate surface area is 481 Å². The Hall–Kier alpha value is -5.04. The first-order valence-electron chi connectivity index (χ1n) is 29.7. The van der Waals surface area contributed by atoms with Crippen LogP contribution in [0.4, 0.5) is 0 Å². The van der Waals surface area contributed by atoms with Crippen molar-refractivity contribution in [2.75, 3.05) is 72.5 Å². The zero-order chi connectivity index (χ0) is 60.3. The molecule has 0 fully saturated rings. The van der Waals surface area contributed by atoms with Crippen molar-refractivity contribution in [3.63, 3.8) is 0 Å². The van der Waals surface area contributed by atoms with Crippen LogP contribution in [0, 0.1) is 11.8 Å². The van der Waals surface area contributed by atoms with Crippen molar-refractivity contribution in [3.8, 4) is 0 Å². The summed E-state index contributed by atoms with van der Waals surface area (Å²) in [5.41, 5.74) is 12.1. The largest absolute Gasteiger partial charge is 0.481 e. The average molecular weight is 1150 g/mol. The van der Waals surface area contributed by atoms with Crippen molar-refractivity contribution in [3.05, 3.63) is 18.2 Å². The molecular weight excluding hydrogens is 1050 g/mol. The maximum atomic E-state index is 13.0. The lowest BCUT2D eigenvalue weighted by atomic mass is 9.93. The third-order valence-electron chi connectivity index (χ3n) is 13.4.